The van der Waals surface area contributed by atoms with Gasteiger partial charge in [-0.25, -0.2) is 0 Å². The number of halogens is 3. The topological polar surface area (TPSA) is 80.1 Å². The van der Waals surface area contributed by atoms with Gasteiger partial charge in [-0.3, -0.25) is 14.9 Å². The van der Waals surface area contributed by atoms with Crippen LogP contribution in [0.5, 0.6) is 0 Å². The Morgan fingerprint density at radius 3 is 2.81 bits per heavy atom. The van der Waals surface area contributed by atoms with Crippen molar-refractivity contribution in [1.82, 2.24) is 14.8 Å². The molecule has 1 amide bonds. The predicted molar refractivity (Wildman–Crippen MR) is 88.4 cm³/mol. The Morgan fingerprint density at radius 1 is 1.23 bits per heavy atom. The SMILES string of the molecule is O=C(Nc1nnc(N2C[C@@H]3C[C@@H](C2)c2cccc(=O)n2C3)s1)C(F)(F)F. The molecular formula is C15H14F3N5O2S. The Labute approximate surface area is 149 Å². The van der Waals surface area contributed by atoms with Gasteiger partial charge in [0.15, 0.2) is 0 Å². The third-order valence-electron chi connectivity index (χ3n) is 4.64. The van der Waals surface area contributed by atoms with Crippen molar-refractivity contribution in [3.8, 4) is 0 Å². The predicted octanol–water partition coefficient (Wildman–Crippen LogP) is 1.82. The van der Waals surface area contributed by atoms with Crippen LogP contribution in [0.25, 0.3) is 0 Å². The van der Waals surface area contributed by atoms with E-state index in [0.29, 0.717) is 24.8 Å². The van der Waals surface area contributed by atoms with E-state index in [1.807, 2.05) is 11.0 Å². The first-order valence-electron chi connectivity index (χ1n) is 7.97. The van der Waals surface area contributed by atoms with Crippen molar-refractivity contribution in [3.05, 3.63) is 34.2 Å². The van der Waals surface area contributed by atoms with Gasteiger partial charge in [0, 0.05) is 37.3 Å². The molecule has 0 unspecified atom stereocenters. The van der Waals surface area contributed by atoms with Gasteiger partial charge in [-0.05, 0) is 18.4 Å². The molecule has 2 aromatic rings. The summed E-state index contributed by atoms with van der Waals surface area (Å²) in [5.41, 5.74) is 0.951. The second kappa shape index (κ2) is 6.08. The maximum atomic E-state index is 12.3. The first-order valence-corrected chi connectivity index (χ1v) is 8.79. The Balaban J connectivity index is 1.53. The van der Waals surface area contributed by atoms with Crippen molar-refractivity contribution in [2.45, 2.75) is 25.1 Å². The van der Waals surface area contributed by atoms with Crippen LogP contribution in [0.1, 0.15) is 18.0 Å². The molecule has 0 aliphatic carbocycles. The fourth-order valence-electron chi connectivity index (χ4n) is 3.61. The zero-order chi connectivity index (χ0) is 18.5. The highest BCUT2D eigenvalue weighted by atomic mass is 32.1. The van der Waals surface area contributed by atoms with E-state index in [-0.39, 0.29) is 22.5 Å². The summed E-state index contributed by atoms with van der Waals surface area (Å²) >= 11 is 0.910. The molecule has 7 nitrogen and oxygen atoms in total. The van der Waals surface area contributed by atoms with E-state index in [0.717, 1.165) is 23.5 Å². The molecule has 4 rings (SSSR count). The van der Waals surface area contributed by atoms with Gasteiger partial charge in [-0.15, -0.1) is 10.2 Å². The van der Waals surface area contributed by atoms with Crippen LogP contribution in [0, 0.1) is 5.92 Å². The highest BCUT2D eigenvalue weighted by Gasteiger charge is 2.40. The number of fused-ring (bicyclic) bond motifs is 4. The number of rotatable bonds is 2. The smallest absolute Gasteiger partial charge is 0.346 e. The summed E-state index contributed by atoms with van der Waals surface area (Å²) in [6.45, 7) is 1.85. The second-order valence-corrected chi connectivity index (χ2v) is 7.40. The summed E-state index contributed by atoms with van der Waals surface area (Å²) in [7, 11) is 0. The number of hydrogen-bond donors (Lipinski definition) is 1. The summed E-state index contributed by atoms with van der Waals surface area (Å²) in [6.07, 6.45) is -4.01. The molecule has 1 fully saturated rings. The zero-order valence-corrected chi connectivity index (χ0v) is 14.2. The van der Waals surface area contributed by atoms with Gasteiger partial charge in [0.05, 0.1) is 0 Å². The summed E-state index contributed by atoms with van der Waals surface area (Å²) in [5.74, 6) is -1.67. The quantitative estimate of drug-likeness (QED) is 0.853. The van der Waals surface area contributed by atoms with Gasteiger partial charge in [0.2, 0.25) is 10.3 Å². The van der Waals surface area contributed by atoms with Crippen molar-refractivity contribution in [1.29, 1.82) is 0 Å². The lowest BCUT2D eigenvalue weighted by Crippen LogP contribution is -2.47. The van der Waals surface area contributed by atoms with Gasteiger partial charge in [0.1, 0.15) is 0 Å². The molecule has 2 aromatic heterocycles. The Hall–Kier alpha value is -2.43. The van der Waals surface area contributed by atoms with Crippen molar-refractivity contribution < 1.29 is 18.0 Å². The second-order valence-electron chi connectivity index (χ2n) is 6.44. The molecule has 1 saturated heterocycles. The molecule has 2 aliphatic heterocycles. The molecule has 0 spiro atoms. The zero-order valence-electron chi connectivity index (χ0n) is 13.4. The standard InChI is InChI=1S/C15H14F3N5O2S/c16-15(17,18)12(25)19-13-20-21-14(26-13)22-5-8-4-9(7-22)10-2-1-3-11(24)23(10)6-8/h1-3,8-9H,4-7H2,(H,19,20,25)/t8-,9-/m0/s1. The molecule has 0 saturated carbocycles. The number of pyridine rings is 1. The summed E-state index contributed by atoms with van der Waals surface area (Å²) < 4.78 is 38.8. The molecule has 2 bridgehead atoms. The fraction of sp³-hybridized carbons (Fsp3) is 0.467. The van der Waals surface area contributed by atoms with Crippen LogP contribution in [0.2, 0.25) is 0 Å². The molecular weight excluding hydrogens is 371 g/mol. The molecule has 26 heavy (non-hydrogen) atoms. The lowest BCUT2D eigenvalue weighted by atomic mass is 9.83. The minimum absolute atomic E-state index is 0.0151. The van der Waals surface area contributed by atoms with Crippen LogP contribution < -0.4 is 15.8 Å². The van der Waals surface area contributed by atoms with Gasteiger partial charge in [-0.2, -0.15) is 13.2 Å². The summed E-state index contributed by atoms with van der Waals surface area (Å²) in [4.78, 5) is 25.0. The van der Waals surface area contributed by atoms with Gasteiger partial charge < -0.3 is 9.47 Å². The number of anilines is 2. The Morgan fingerprint density at radius 2 is 2.04 bits per heavy atom. The van der Waals surface area contributed by atoms with E-state index in [1.165, 1.54) is 0 Å². The van der Waals surface area contributed by atoms with Crippen molar-refractivity contribution in [2.75, 3.05) is 23.3 Å². The van der Waals surface area contributed by atoms with Gasteiger partial charge >= 0.3 is 12.1 Å². The highest BCUT2D eigenvalue weighted by molar-refractivity contribution is 7.19. The van der Waals surface area contributed by atoms with E-state index in [4.69, 9.17) is 0 Å². The first kappa shape index (κ1) is 17.0. The minimum atomic E-state index is -4.97. The van der Waals surface area contributed by atoms with Crippen LogP contribution in [-0.4, -0.2) is 39.9 Å². The lowest BCUT2D eigenvalue weighted by molar-refractivity contribution is -0.167. The molecule has 138 valence electrons. The van der Waals surface area contributed by atoms with Gasteiger partial charge in [-0.1, -0.05) is 17.4 Å². The number of carbonyl (C=O) groups is 1. The normalized spacial score (nSPS) is 22.0. The fourth-order valence-corrected chi connectivity index (χ4v) is 4.37. The van der Waals surface area contributed by atoms with Crippen LogP contribution in [0.4, 0.5) is 23.4 Å². The largest absolute Gasteiger partial charge is 0.471 e. The molecule has 11 heteroatoms. The molecule has 0 radical (unpaired) electrons. The molecule has 2 atom stereocenters. The number of hydrogen-bond acceptors (Lipinski definition) is 6. The van der Waals surface area contributed by atoms with Crippen molar-refractivity contribution in [2.24, 2.45) is 5.92 Å². The maximum absolute atomic E-state index is 12.3. The summed E-state index contributed by atoms with van der Waals surface area (Å²) in [6, 6.07) is 5.21. The number of alkyl halides is 3. The summed E-state index contributed by atoms with van der Waals surface area (Å²) in [5, 5.41) is 9.56. The molecule has 0 aromatic carbocycles. The average molecular weight is 385 g/mol. The number of amides is 1. The van der Waals surface area contributed by atoms with Crippen molar-refractivity contribution in [3.63, 3.8) is 0 Å². The molecule has 2 aliphatic rings. The third-order valence-corrected chi connectivity index (χ3v) is 5.54. The number of piperidine rings is 1. The van der Waals surface area contributed by atoms with E-state index in [9.17, 15) is 22.8 Å². The van der Waals surface area contributed by atoms with Crippen LogP contribution >= 0.6 is 11.3 Å². The van der Waals surface area contributed by atoms with Crippen LogP contribution in [0.15, 0.2) is 23.0 Å². The maximum Gasteiger partial charge on any atom is 0.471 e. The van der Waals surface area contributed by atoms with E-state index < -0.39 is 12.1 Å². The Bertz CT molecular complexity index is 909. The van der Waals surface area contributed by atoms with E-state index in [1.54, 1.807) is 22.0 Å². The van der Waals surface area contributed by atoms with E-state index in [2.05, 4.69) is 10.2 Å². The molecule has 4 heterocycles. The van der Waals surface area contributed by atoms with Crippen LogP contribution in [0.3, 0.4) is 0 Å². The van der Waals surface area contributed by atoms with Crippen LogP contribution in [-0.2, 0) is 11.3 Å². The monoisotopic (exact) mass is 385 g/mol. The number of aromatic nitrogens is 3. The highest BCUT2D eigenvalue weighted by Crippen LogP contribution is 2.38. The third kappa shape index (κ3) is 3.06. The lowest BCUT2D eigenvalue weighted by Gasteiger charge is -2.42. The average Bonchev–Trinajstić information content (AvgIpc) is 3.03. The van der Waals surface area contributed by atoms with E-state index >= 15 is 0 Å². The number of carbonyl (C=O) groups excluding carboxylic acids is 1. The number of nitrogens with zero attached hydrogens (tertiary/aromatic N) is 4. The van der Waals surface area contributed by atoms with Gasteiger partial charge in [0.25, 0.3) is 5.56 Å². The minimum Gasteiger partial charge on any atom is -0.346 e. The molecule has 1 N–H and O–H groups in total. The number of nitrogens with one attached hydrogen (secondary N) is 1. The Kier molecular flexibility index (Phi) is 3.98. The van der Waals surface area contributed by atoms with Crippen molar-refractivity contribution >= 4 is 27.5 Å². The first-order chi connectivity index (χ1) is 12.3.